The van der Waals surface area contributed by atoms with Crippen molar-refractivity contribution in [2.75, 3.05) is 6.54 Å². The summed E-state index contributed by atoms with van der Waals surface area (Å²) >= 11 is 0. The second kappa shape index (κ2) is 10.8. The summed E-state index contributed by atoms with van der Waals surface area (Å²) in [6.07, 6.45) is 4.51. The van der Waals surface area contributed by atoms with Crippen LogP contribution in [0.25, 0.3) is 0 Å². The van der Waals surface area contributed by atoms with E-state index in [1.54, 1.807) is 0 Å². The van der Waals surface area contributed by atoms with Crippen molar-refractivity contribution in [1.82, 2.24) is 19.8 Å². The fourth-order valence-electron chi connectivity index (χ4n) is 5.09. The van der Waals surface area contributed by atoms with E-state index >= 15 is 0 Å². The molecule has 0 saturated carbocycles. The van der Waals surface area contributed by atoms with Crippen molar-refractivity contribution in [3.8, 4) is 6.07 Å². The average molecular weight is 490 g/mol. The highest BCUT2D eigenvalue weighted by atomic mass is 16.2. The van der Waals surface area contributed by atoms with Gasteiger partial charge in [-0.3, -0.25) is 10.1 Å². The highest BCUT2D eigenvalue weighted by molar-refractivity contribution is 5.84. The number of aryl methyl sites for hydroxylation is 1. The molecule has 4 aromatic rings. The molecule has 2 unspecified atom stereocenters. The first-order valence-electron chi connectivity index (χ1n) is 12.7. The minimum Gasteiger partial charge on any atom is -0.336 e. The molecule has 2 heterocycles. The molecule has 5 rings (SSSR count). The monoisotopic (exact) mass is 489 g/mol. The zero-order chi connectivity index (χ0) is 25.8. The van der Waals surface area contributed by atoms with Gasteiger partial charge in [0.05, 0.1) is 29.7 Å². The van der Waals surface area contributed by atoms with E-state index in [4.69, 9.17) is 5.26 Å². The van der Waals surface area contributed by atoms with Crippen molar-refractivity contribution in [2.24, 2.45) is 0 Å². The molecule has 186 valence electrons. The van der Waals surface area contributed by atoms with Crippen LogP contribution >= 0.6 is 0 Å². The van der Waals surface area contributed by atoms with E-state index in [0.717, 1.165) is 23.2 Å². The first-order chi connectivity index (χ1) is 18.0. The number of carbonyl (C=O) groups excluding carboxylic acids is 1. The number of aromatic nitrogens is 2. The number of nitrogens with zero attached hydrogens (tertiary/aromatic N) is 4. The van der Waals surface area contributed by atoms with E-state index in [1.165, 1.54) is 16.7 Å². The van der Waals surface area contributed by atoms with Crippen LogP contribution in [0.15, 0.2) is 85.3 Å². The van der Waals surface area contributed by atoms with Crippen molar-refractivity contribution >= 4 is 5.91 Å². The Balaban J connectivity index is 1.38. The highest BCUT2D eigenvalue weighted by Gasteiger charge is 2.31. The van der Waals surface area contributed by atoms with E-state index in [1.807, 2.05) is 66.0 Å². The lowest BCUT2D eigenvalue weighted by Crippen LogP contribution is -2.40. The minimum absolute atomic E-state index is 0.0433. The van der Waals surface area contributed by atoms with Crippen molar-refractivity contribution in [3.05, 3.63) is 124 Å². The largest absolute Gasteiger partial charge is 0.336 e. The van der Waals surface area contributed by atoms with Gasteiger partial charge in [0.15, 0.2) is 0 Å². The SMILES string of the molecule is Cc1ccccc1CN1CCc2ccccc2C(NCc2cncn2C(C)c2ccc(C#N)cc2)C1=O. The fourth-order valence-corrected chi connectivity index (χ4v) is 5.09. The fraction of sp³-hybridized carbons (Fsp3) is 0.258. The number of amides is 1. The van der Waals surface area contributed by atoms with Gasteiger partial charge in [-0.1, -0.05) is 60.7 Å². The van der Waals surface area contributed by atoms with Crippen molar-refractivity contribution in [1.29, 1.82) is 5.26 Å². The number of hydrogen-bond donors (Lipinski definition) is 1. The molecule has 37 heavy (non-hydrogen) atoms. The number of nitriles is 1. The second-order valence-electron chi connectivity index (χ2n) is 9.65. The van der Waals surface area contributed by atoms with Gasteiger partial charge < -0.3 is 9.47 Å². The standard InChI is InChI=1S/C31H31N5O/c1-22-7-3-4-9-27(22)20-35-16-15-26-8-5-6-10-29(26)30(31(35)37)34-19-28-18-33-21-36(28)23(2)25-13-11-24(17-32)12-14-25/h3-14,18,21,23,30,34H,15-16,19-20H2,1-2H3. The van der Waals surface area contributed by atoms with Gasteiger partial charge in [-0.15, -0.1) is 0 Å². The molecule has 6 heteroatoms. The summed E-state index contributed by atoms with van der Waals surface area (Å²) in [4.78, 5) is 20.3. The van der Waals surface area contributed by atoms with Crippen molar-refractivity contribution < 1.29 is 4.79 Å². The lowest BCUT2D eigenvalue weighted by atomic mass is 9.99. The molecule has 1 amide bonds. The quantitative estimate of drug-likeness (QED) is 0.393. The summed E-state index contributed by atoms with van der Waals surface area (Å²) in [6.45, 7) is 6.01. The van der Waals surface area contributed by atoms with Crippen LogP contribution in [-0.2, 0) is 24.3 Å². The van der Waals surface area contributed by atoms with Crippen LogP contribution in [0.1, 0.15) is 58.1 Å². The van der Waals surface area contributed by atoms with Gasteiger partial charge in [-0.2, -0.15) is 5.26 Å². The molecular weight excluding hydrogens is 458 g/mol. The molecular formula is C31H31N5O. The number of carbonyl (C=O) groups is 1. The summed E-state index contributed by atoms with van der Waals surface area (Å²) in [5.74, 6) is 0.0967. The van der Waals surface area contributed by atoms with E-state index in [0.29, 0.717) is 25.2 Å². The third-order valence-electron chi connectivity index (χ3n) is 7.37. The predicted molar refractivity (Wildman–Crippen MR) is 144 cm³/mol. The predicted octanol–water partition coefficient (Wildman–Crippen LogP) is 5.09. The molecule has 1 N–H and O–H groups in total. The number of fused-ring (bicyclic) bond motifs is 1. The number of imidazole rings is 1. The maximum atomic E-state index is 13.9. The maximum Gasteiger partial charge on any atom is 0.244 e. The Bertz CT molecular complexity index is 1430. The van der Waals surface area contributed by atoms with Gasteiger partial charge in [0.25, 0.3) is 0 Å². The van der Waals surface area contributed by atoms with Gasteiger partial charge in [0.1, 0.15) is 6.04 Å². The molecule has 0 spiro atoms. The lowest BCUT2D eigenvalue weighted by Gasteiger charge is -2.26. The molecule has 6 nitrogen and oxygen atoms in total. The van der Waals surface area contributed by atoms with Gasteiger partial charge in [0.2, 0.25) is 5.91 Å². The number of rotatable bonds is 7. The van der Waals surface area contributed by atoms with Crippen molar-refractivity contribution in [3.63, 3.8) is 0 Å². The summed E-state index contributed by atoms with van der Waals surface area (Å²) < 4.78 is 2.12. The van der Waals surface area contributed by atoms with Crippen LogP contribution in [0.3, 0.4) is 0 Å². The molecule has 0 fully saturated rings. The highest BCUT2D eigenvalue weighted by Crippen LogP contribution is 2.27. The van der Waals surface area contributed by atoms with Crippen molar-refractivity contribution in [2.45, 2.75) is 45.4 Å². The van der Waals surface area contributed by atoms with Crippen LogP contribution in [-0.4, -0.2) is 26.9 Å². The Hall–Kier alpha value is -4.21. The van der Waals surface area contributed by atoms with Gasteiger partial charge in [-0.25, -0.2) is 4.98 Å². The Morgan fingerprint density at radius 2 is 1.84 bits per heavy atom. The topological polar surface area (TPSA) is 74.0 Å². The number of hydrogen-bond acceptors (Lipinski definition) is 4. The average Bonchev–Trinajstić information content (AvgIpc) is 3.36. The molecule has 1 aliphatic rings. The minimum atomic E-state index is -0.434. The van der Waals surface area contributed by atoms with Gasteiger partial charge >= 0.3 is 0 Å². The van der Waals surface area contributed by atoms with Crippen LogP contribution in [0.4, 0.5) is 0 Å². The Labute approximate surface area is 218 Å². The Morgan fingerprint density at radius 1 is 1.08 bits per heavy atom. The molecule has 3 aromatic carbocycles. The van der Waals surface area contributed by atoms with Crippen LogP contribution in [0, 0.1) is 18.3 Å². The van der Waals surface area contributed by atoms with Crippen LogP contribution in [0.2, 0.25) is 0 Å². The molecule has 1 aliphatic heterocycles. The number of nitrogens with one attached hydrogen (secondary N) is 1. The first kappa shape index (κ1) is 24.5. The maximum absolute atomic E-state index is 13.9. The smallest absolute Gasteiger partial charge is 0.244 e. The van der Waals surface area contributed by atoms with E-state index < -0.39 is 6.04 Å². The van der Waals surface area contributed by atoms with E-state index in [2.05, 4.69) is 59.1 Å². The molecule has 0 radical (unpaired) electrons. The number of benzene rings is 3. The molecule has 0 bridgehead atoms. The van der Waals surface area contributed by atoms with Gasteiger partial charge in [-0.05, 0) is 60.2 Å². The molecule has 2 atom stereocenters. The van der Waals surface area contributed by atoms with Crippen LogP contribution in [0.5, 0.6) is 0 Å². The summed E-state index contributed by atoms with van der Waals surface area (Å²) in [7, 11) is 0. The van der Waals surface area contributed by atoms with E-state index in [-0.39, 0.29) is 11.9 Å². The summed E-state index contributed by atoms with van der Waals surface area (Å²) in [5.41, 5.74) is 7.36. The van der Waals surface area contributed by atoms with E-state index in [9.17, 15) is 4.79 Å². The first-order valence-corrected chi connectivity index (χ1v) is 12.7. The molecule has 0 aliphatic carbocycles. The molecule has 0 saturated heterocycles. The Kier molecular flexibility index (Phi) is 7.16. The third-order valence-corrected chi connectivity index (χ3v) is 7.37. The summed E-state index contributed by atoms with van der Waals surface area (Å²) in [5, 5.41) is 12.7. The third kappa shape index (κ3) is 5.18. The van der Waals surface area contributed by atoms with Gasteiger partial charge in [0, 0.05) is 25.8 Å². The normalized spacial score (nSPS) is 16.1. The zero-order valence-corrected chi connectivity index (χ0v) is 21.3. The zero-order valence-electron chi connectivity index (χ0n) is 21.3. The second-order valence-corrected chi connectivity index (χ2v) is 9.65. The summed E-state index contributed by atoms with van der Waals surface area (Å²) in [6, 6.07) is 25.9. The Morgan fingerprint density at radius 3 is 2.62 bits per heavy atom. The molecule has 1 aromatic heterocycles. The lowest BCUT2D eigenvalue weighted by molar-refractivity contribution is -0.134. The van der Waals surface area contributed by atoms with Crippen LogP contribution < -0.4 is 5.32 Å².